The van der Waals surface area contributed by atoms with Gasteiger partial charge in [-0.1, -0.05) is 0 Å². The van der Waals surface area contributed by atoms with Crippen molar-refractivity contribution in [1.82, 2.24) is 19.6 Å². The summed E-state index contributed by atoms with van der Waals surface area (Å²) in [5, 5.41) is 14.3. The molecule has 2 saturated heterocycles. The maximum atomic E-state index is 11.9. The molecule has 22 heavy (non-hydrogen) atoms. The van der Waals surface area contributed by atoms with Gasteiger partial charge in [0.2, 0.25) is 0 Å². The van der Waals surface area contributed by atoms with Crippen LogP contribution >= 0.6 is 0 Å². The highest BCUT2D eigenvalue weighted by atomic mass is 16.4. The summed E-state index contributed by atoms with van der Waals surface area (Å²) in [6.45, 7) is 6.44. The molecule has 0 bridgehead atoms. The number of rotatable bonds is 4. The number of likely N-dealkylation sites (N-methyl/N-ethyl adjacent to an activating group) is 1. The van der Waals surface area contributed by atoms with Gasteiger partial charge in [-0.3, -0.25) is 14.4 Å². The summed E-state index contributed by atoms with van der Waals surface area (Å²) in [7, 11) is 2.07. The number of piperidine rings is 2. The fourth-order valence-corrected chi connectivity index (χ4v) is 4.08. The minimum atomic E-state index is -0.612. The van der Waals surface area contributed by atoms with Crippen molar-refractivity contribution in [2.75, 3.05) is 26.7 Å². The molecule has 122 valence electrons. The average molecular weight is 306 g/mol. The number of carbonyl (C=O) groups is 1. The van der Waals surface area contributed by atoms with E-state index in [1.807, 2.05) is 10.9 Å². The van der Waals surface area contributed by atoms with Gasteiger partial charge in [-0.05, 0) is 52.4 Å². The Morgan fingerprint density at radius 2 is 2.27 bits per heavy atom. The molecular weight excluding hydrogens is 280 g/mol. The summed E-state index contributed by atoms with van der Waals surface area (Å²) >= 11 is 0. The number of fused-ring (bicyclic) bond motifs is 1. The first-order valence-electron chi connectivity index (χ1n) is 8.23. The van der Waals surface area contributed by atoms with Crippen molar-refractivity contribution < 1.29 is 9.90 Å². The summed E-state index contributed by atoms with van der Waals surface area (Å²) in [4.78, 5) is 16.5. The zero-order chi connectivity index (χ0) is 15.7. The van der Waals surface area contributed by atoms with Gasteiger partial charge in [0.25, 0.3) is 0 Å². The van der Waals surface area contributed by atoms with Gasteiger partial charge in [0.15, 0.2) is 0 Å². The van der Waals surface area contributed by atoms with Crippen LogP contribution in [0.25, 0.3) is 0 Å². The van der Waals surface area contributed by atoms with E-state index in [4.69, 9.17) is 0 Å². The van der Waals surface area contributed by atoms with E-state index in [0.717, 1.165) is 57.7 Å². The maximum absolute atomic E-state index is 11.9. The molecule has 2 aliphatic heterocycles. The van der Waals surface area contributed by atoms with E-state index in [-0.39, 0.29) is 6.04 Å². The Bertz CT molecular complexity index is 544. The molecule has 2 atom stereocenters. The standard InChI is InChI=1S/C16H26N4O2/c1-3-20-9-5-13(17-20)11-19-10-7-16(15(21)22)6-4-8-18(2)14(16)12-19/h5,9,14H,3-4,6-8,10-12H2,1-2H3,(H,21,22)/t14-,16+/m1/s1. The highest BCUT2D eigenvalue weighted by Gasteiger charge is 2.52. The van der Waals surface area contributed by atoms with Crippen LogP contribution in [0.2, 0.25) is 0 Å². The van der Waals surface area contributed by atoms with Crippen LogP contribution in [-0.2, 0) is 17.9 Å². The monoisotopic (exact) mass is 306 g/mol. The van der Waals surface area contributed by atoms with Crippen molar-refractivity contribution >= 4 is 5.97 Å². The zero-order valence-corrected chi connectivity index (χ0v) is 13.5. The van der Waals surface area contributed by atoms with Gasteiger partial charge in [0, 0.05) is 31.9 Å². The van der Waals surface area contributed by atoms with Crippen LogP contribution in [0.4, 0.5) is 0 Å². The maximum Gasteiger partial charge on any atom is 0.311 e. The molecule has 3 rings (SSSR count). The molecule has 6 nitrogen and oxygen atoms in total. The number of carboxylic acid groups (broad SMARTS) is 1. The number of carboxylic acids is 1. The third-order valence-corrected chi connectivity index (χ3v) is 5.44. The molecule has 0 spiro atoms. The lowest BCUT2D eigenvalue weighted by atomic mass is 9.68. The predicted octanol–water partition coefficient (Wildman–Crippen LogP) is 1.27. The van der Waals surface area contributed by atoms with E-state index in [0.29, 0.717) is 0 Å². The van der Waals surface area contributed by atoms with E-state index >= 15 is 0 Å². The second kappa shape index (κ2) is 6.01. The highest BCUT2D eigenvalue weighted by Crippen LogP contribution is 2.42. The summed E-state index contributed by atoms with van der Waals surface area (Å²) in [5.41, 5.74) is 0.523. The van der Waals surface area contributed by atoms with Gasteiger partial charge in [-0.2, -0.15) is 5.10 Å². The molecule has 0 amide bonds. The minimum Gasteiger partial charge on any atom is -0.481 e. The van der Waals surface area contributed by atoms with Crippen LogP contribution in [-0.4, -0.2) is 63.4 Å². The van der Waals surface area contributed by atoms with E-state index in [1.54, 1.807) is 0 Å². The quantitative estimate of drug-likeness (QED) is 0.908. The van der Waals surface area contributed by atoms with Gasteiger partial charge >= 0.3 is 5.97 Å². The summed E-state index contributed by atoms with van der Waals surface area (Å²) in [6, 6.07) is 2.17. The normalized spacial score (nSPS) is 30.2. The highest BCUT2D eigenvalue weighted by molar-refractivity contribution is 5.76. The third kappa shape index (κ3) is 2.65. The van der Waals surface area contributed by atoms with Gasteiger partial charge in [-0.15, -0.1) is 0 Å². The minimum absolute atomic E-state index is 0.112. The molecule has 0 saturated carbocycles. The fraction of sp³-hybridized carbons (Fsp3) is 0.750. The molecule has 2 fully saturated rings. The summed E-state index contributed by atoms with van der Waals surface area (Å²) in [6.07, 6.45) is 4.55. The van der Waals surface area contributed by atoms with Gasteiger partial charge in [0.05, 0.1) is 11.1 Å². The molecule has 1 N–H and O–H groups in total. The number of aryl methyl sites for hydroxylation is 1. The molecule has 3 heterocycles. The number of likely N-dealkylation sites (tertiary alicyclic amines) is 2. The Hall–Kier alpha value is -1.40. The van der Waals surface area contributed by atoms with Crippen molar-refractivity contribution in [3.63, 3.8) is 0 Å². The predicted molar refractivity (Wildman–Crippen MR) is 83.5 cm³/mol. The largest absolute Gasteiger partial charge is 0.481 e. The van der Waals surface area contributed by atoms with Crippen LogP contribution in [0.15, 0.2) is 12.3 Å². The van der Waals surface area contributed by atoms with Crippen LogP contribution < -0.4 is 0 Å². The van der Waals surface area contributed by atoms with Crippen LogP contribution in [0.1, 0.15) is 31.9 Å². The lowest BCUT2D eigenvalue weighted by Gasteiger charge is -2.51. The number of nitrogens with zero attached hydrogens (tertiary/aromatic N) is 4. The van der Waals surface area contributed by atoms with Gasteiger partial charge in [-0.25, -0.2) is 0 Å². The van der Waals surface area contributed by atoms with Crippen LogP contribution in [0.3, 0.4) is 0 Å². The molecular formula is C16H26N4O2. The molecule has 0 unspecified atom stereocenters. The second-order valence-electron chi connectivity index (χ2n) is 6.71. The Balaban J connectivity index is 1.72. The van der Waals surface area contributed by atoms with Crippen molar-refractivity contribution in [3.05, 3.63) is 18.0 Å². The molecule has 0 radical (unpaired) electrons. The first kappa shape index (κ1) is 15.5. The average Bonchev–Trinajstić information content (AvgIpc) is 2.95. The number of hydrogen-bond acceptors (Lipinski definition) is 4. The molecule has 2 aliphatic rings. The lowest BCUT2D eigenvalue weighted by Crippen LogP contribution is -2.62. The van der Waals surface area contributed by atoms with Crippen molar-refractivity contribution in [2.24, 2.45) is 5.41 Å². The Labute approximate surface area is 131 Å². The van der Waals surface area contributed by atoms with Crippen molar-refractivity contribution in [3.8, 4) is 0 Å². The van der Waals surface area contributed by atoms with Crippen molar-refractivity contribution in [2.45, 2.75) is 45.3 Å². The Morgan fingerprint density at radius 1 is 1.45 bits per heavy atom. The van der Waals surface area contributed by atoms with Gasteiger partial charge < -0.3 is 10.0 Å². The first-order valence-corrected chi connectivity index (χ1v) is 8.23. The first-order chi connectivity index (χ1) is 10.5. The Morgan fingerprint density at radius 3 is 2.95 bits per heavy atom. The third-order valence-electron chi connectivity index (χ3n) is 5.44. The zero-order valence-electron chi connectivity index (χ0n) is 13.5. The number of aromatic nitrogens is 2. The van der Waals surface area contributed by atoms with Crippen molar-refractivity contribution in [1.29, 1.82) is 0 Å². The molecule has 0 aliphatic carbocycles. The molecule has 6 heteroatoms. The fourth-order valence-electron chi connectivity index (χ4n) is 4.08. The Kier molecular flexibility index (Phi) is 4.23. The molecule has 1 aromatic rings. The summed E-state index contributed by atoms with van der Waals surface area (Å²) < 4.78 is 1.94. The molecule has 1 aromatic heterocycles. The number of aliphatic carboxylic acids is 1. The topological polar surface area (TPSA) is 61.6 Å². The van der Waals surface area contributed by atoms with E-state index in [2.05, 4.69) is 34.9 Å². The number of hydrogen-bond donors (Lipinski definition) is 1. The van der Waals surface area contributed by atoms with Crippen LogP contribution in [0, 0.1) is 5.41 Å². The van der Waals surface area contributed by atoms with Gasteiger partial charge in [0.1, 0.15) is 0 Å². The van der Waals surface area contributed by atoms with E-state index in [9.17, 15) is 9.90 Å². The SMILES string of the molecule is CCn1ccc(CN2CC[C@@]3(C(=O)O)CCCN(C)[C@@H]3C2)n1. The summed E-state index contributed by atoms with van der Waals surface area (Å²) in [5.74, 6) is -0.612. The van der Waals surface area contributed by atoms with Crippen LogP contribution in [0.5, 0.6) is 0 Å². The molecule has 0 aromatic carbocycles. The van der Waals surface area contributed by atoms with E-state index in [1.165, 1.54) is 0 Å². The van der Waals surface area contributed by atoms with E-state index < -0.39 is 11.4 Å². The lowest BCUT2D eigenvalue weighted by molar-refractivity contribution is -0.162. The smallest absolute Gasteiger partial charge is 0.311 e. The second-order valence-corrected chi connectivity index (χ2v) is 6.71.